The molecule has 3 aromatic rings. The molecule has 0 amide bonds. The highest BCUT2D eigenvalue weighted by molar-refractivity contribution is 6.07. The Kier molecular flexibility index (Phi) is 7.82. The lowest BCUT2D eigenvalue weighted by Gasteiger charge is -2.05. The normalized spacial score (nSPS) is 11.0. The Morgan fingerprint density at radius 1 is 0.903 bits per heavy atom. The number of fused-ring (bicyclic) bond motifs is 1. The quantitative estimate of drug-likeness (QED) is 0.308. The molecule has 0 radical (unpaired) electrons. The predicted octanol–water partition coefficient (Wildman–Crippen LogP) is 4.90. The number of hydrogen-bond acceptors (Lipinski definition) is 5. The summed E-state index contributed by atoms with van der Waals surface area (Å²) in [6, 6.07) is 9.34. The van der Waals surface area contributed by atoms with Crippen molar-refractivity contribution in [2.24, 2.45) is 7.05 Å². The zero-order valence-corrected chi connectivity index (χ0v) is 18.3. The van der Waals surface area contributed by atoms with E-state index in [2.05, 4.69) is 9.97 Å². The van der Waals surface area contributed by atoms with Gasteiger partial charge in [-0.1, -0.05) is 37.5 Å². The van der Waals surface area contributed by atoms with Gasteiger partial charge in [0.25, 0.3) is 0 Å². The van der Waals surface area contributed by atoms with Crippen molar-refractivity contribution in [3.63, 3.8) is 0 Å². The topological polar surface area (TPSA) is 81.9 Å². The largest absolute Gasteiger partial charge is 0.337 e. The summed E-state index contributed by atoms with van der Waals surface area (Å²) in [5.74, 6) is 0.745. The second kappa shape index (κ2) is 10.8. The number of carbonyl (C=O) groups is 3. The molecule has 0 atom stereocenters. The first kappa shape index (κ1) is 22.5. The van der Waals surface area contributed by atoms with Crippen LogP contribution in [0.1, 0.15) is 78.5 Å². The molecule has 0 bridgehead atoms. The zero-order valence-electron chi connectivity index (χ0n) is 18.3. The second-order valence-corrected chi connectivity index (χ2v) is 8.03. The number of para-hydroxylation sites is 1. The number of imidazole rings is 1. The van der Waals surface area contributed by atoms with Crippen molar-refractivity contribution in [1.82, 2.24) is 14.5 Å². The Morgan fingerprint density at radius 2 is 1.61 bits per heavy atom. The van der Waals surface area contributed by atoms with Crippen molar-refractivity contribution < 1.29 is 14.4 Å². The number of ketones is 3. The number of benzene rings is 1. The number of nitrogens with zero attached hydrogens (tertiary/aromatic N) is 3. The number of pyridine rings is 1. The first-order chi connectivity index (χ1) is 15.0. The van der Waals surface area contributed by atoms with Gasteiger partial charge in [-0.15, -0.1) is 0 Å². The van der Waals surface area contributed by atoms with Gasteiger partial charge in [-0.3, -0.25) is 14.6 Å². The van der Waals surface area contributed by atoms with Crippen LogP contribution in [0.3, 0.4) is 0 Å². The van der Waals surface area contributed by atoms with Crippen LogP contribution in [0.15, 0.2) is 42.7 Å². The maximum Gasteiger partial charge on any atom is 0.182 e. The van der Waals surface area contributed by atoms with Crippen LogP contribution in [0.2, 0.25) is 0 Å². The third-order valence-electron chi connectivity index (χ3n) is 5.44. The molecule has 31 heavy (non-hydrogen) atoms. The van der Waals surface area contributed by atoms with Gasteiger partial charge >= 0.3 is 0 Å². The summed E-state index contributed by atoms with van der Waals surface area (Å²) in [5, 5.41) is 0.922. The van der Waals surface area contributed by atoms with E-state index >= 15 is 0 Å². The summed E-state index contributed by atoms with van der Waals surface area (Å²) in [6.07, 6.45) is 9.35. The molecule has 0 saturated heterocycles. The lowest BCUT2D eigenvalue weighted by atomic mass is 10.0. The van der Waals surface area contributed by atoms with Crippen molar-refractivity contribution >= 4 is 28.3 Å². The molecule has 0 aliphatic carbocycles. The number of hydrogen-bond donors (Lipinski definition) is 0. The molecule has 2 heterocycles. The fraction of sp³-hybridized carbons (Fsp3) is 0.400. The van der Waals surface area contributed by atoms with Crippen LogP contribution in [0.5, 0.6) is 0 Å². The van der Waals surface area contributed by atoms with Gasteiger partial charge in [-0.25, -0.2) is 4.98 Å². The first-order valence-electron chi connectivity index (χ1n) is 10.9. The van der Waals surface area contributed by atoms with Gasteiger partial charge in [-0.05, 0) is 31.9 Å². The molecule has 0 unspecified atom stereocenters. The third-order valence-corrected chi connectivity index (χ3v) is 5.44. The Balaban J connectivity index is 1.55. The number of rotatable bonds is 12. The van der Waals surface area contributed by atoms with Crippen LogP contribution >= 0.6 is 0 Å². The highest BCUT2D eigenvalue weighted by atomic mass is 16.1. The maximum absolute atomic E-state index is 12.9. The lowest BCUT2D eigenvalue weighted by Crippen LogP contribution is -2.09. The van der Waals surface area contributed by atoms with Gasteiger partial charge in [-0.2, -0.15) is 0 Å². The molecular weight excluding hydrogens is 390 g/mol. The molecular formula is C25H29N3O3. The number of unbranched alkanes of at least 4 members (excludes halogenated alkanes) is 4. The highest BCUT2D eigenvalue weighted by Gasteiger charge is 2.17. The Morgan fingerprint density at radius 3 is 2.39 bits per heavy atom. The van der Waals surface area contributed by atoms with Crippen LogP contribution in [0.25, 0.3) is 10.9 Å². The van der Waals surface area contributed by atoms with E-state index in [4.69, 9.17) is 0 Å². The van der Waals surface area contributed by atoms with E-state index < -0.39 is 0 Å². The van der Waals surface area contributed by atoms with E-state index in [-0.39, 0.29) is 23.8 Å². The highest BCUT2D eigenvalue weighted by Crippen LogP contribution is 2.18. The number of aryl methyl sites for hydroxylation is 1. The number of carbonyl (C=O) groups excluding carboxylic acids is 3. The molecule has 0 aliphatic rings. The van der Waals surface area contributed by atoms with Gasteiger partial charge in [0.2, 0.25) is 0 Å². The van der Waals surface area contributed by atoms with Crippen LogP contribution in [-0.2, 0) is 18.3 Å². The van der Waals surface area contributed by atoms with Gasteiger partial charge < -0.3 is 9.36 Å². The average molecular weight is 420 g/mol. The van der Waals surface area contributed by atoms with Crippen LogP contribution < -0.4 is 0 Å². The van der Waals surface area contributed by atoms with Crippen molar-refractivity contribution in [1.29, 1.82) is 0 Å². The fourth-order valence-electron chi connectivity index (χ4n) is 3.69. The molecule has 0 fully saturated rings. The van der Waals surface area contributed by atoms with E-state index in [0.29, 0.717) is 35.4 Å². The summed E-state index contributed by atoms with van der Waals surface area (Å²) >= 11 is 0. The lowest BCUT2D eigenvalue weighted by molar-refractivity contribution is -0.117. The molecule has 1 aromatic carbocycles. The Labute approximate surface area is 182 Å². The summed E-state index contributed by atoms with van der Waals surface area (Å²) < 4.78 is 1.76. The summed E-state index contributed by atoms with van der Waals surface area (Å²) in [6.45, 7) is 1.62. The van der Waals surface area contributed by atoms with Crippen molar-refractivity contribution in [3.05, 3.63) is 59.8 Å². The summed E-state index contributed by atoms with van der Waals surface area (Å²) in [5.41, 5.74) is 1.67. The molecule has 0 aliphatic heterocycles. The molecule has 0 saturated carbocycles. The van der Waals surface area contributed by atoms with E-state index in [1.54, 1.807) is 30.0 Å². The minimum absolute atomic E-state index is 0.00450. The third kappa shape index (κ3) is 6.17. The van der Waals surface area contributed by atoms with Gasteiger partial charge in [0.15, 0.2) is 11.6 Å². The first-order valence-corrected chi connectivity index (χ1v) is 10.9. The Hall–Kier alpha value is -3.15. The van der Waals surface area contributed by atoms with E-state index in [1.807, 2.05) is 31.3 Å². The van der Waals surface area contributed by atoms with Crippen LogP contribution in [0, 0.1) is 0 Å². The molecule has 0 N–H and O–H groups in total. The molecule has 2 aromatic heterocycles. The van der Waals surface area contributed by atoms with E-state index in [0.717, 1.165) is 37.5 Å². The van der Waals surface area contributed by atoms with Crippen molar-refractivity contribution in [2.45, 2.75) is 58.3 Å². The maximum atomic E-state index is 12.9. The SMILES string of the molecule is CC(=O)CCCCCCCC(=O)c1cn(C)c(CC(=O)c2cccc3cccnc23)n1. The Bertz CT molecular complexity index is 1080. The van der Waals surface area contributed by atoms with Crippen LogP contribution in [0.4, 0.5) is 0 Å². The summed E-state index contributed by atoms with van der Waals surface area (Å²) in [7, 11) is 1.81. The van der Waals surface area contributed by atoms with E-state index in [9.17, 15) is 14.4 Å². The fourth-order valence-corrected chi connectivity index (χ4v) is 3.69. The standard InChI is InChI=1S/C25H29N3O3/c1-18(29)10-6-4-3-5-7-14-22(30)21-17-28(2)24(27-21)16-23(31)20-13-8-11-19-12-9-15-26-25(19)20/h8-9,11-13,15,17H,3-7,10,14,16H2,1-2H3. The van der Waals surface area contributed by atoms with Gasteiger partial charge in [0, 0.05) is 43.2 Å². The monoisotopic (exact) mass is 419 g/mol. The number of Topliss-reactive ketones (excluding diaryl/α,β-unsaturated/α-hetero) is 3. The van der Waals surface area contributed by atoms with Crippen LogP contribution in [-0.4, -0.2) is 31.9 Å². The average Bonchev–Trinajstić information content (AvgIpc) is 3.12. The van der Waals surface area contributed by atoms with Crippen molar-refractivity contribution in [3.8, 4) is 0 Å². The zero-order chi connectivity index (χ0) is 22.2. The van der Waals surface area contributed by atoms with Gasteiger partial charge in [0.05, 0.1) is 11.9 Å². The minimum Gasteiger partial charge on any atom is -0.337 e. The minimum atomic E-state index is -0.0671. The molecule has 6 nitrogen and oxygen atoms in total. The second-order valence-electron chi connectivity index (χ2n) is 8.03. The summed E-state index contributed by atoms with van der Waals surface area (Å²) in [4.78, 5) is 45.1. The number of aromatic nitrogens is 3. The van der Waals surface area contributed by atoms with Gasteiger partial charge in [0.1, 0.15) is 17.3 Å². The van der Waals surface area contributed by atoms with Crippen molar-refractivity contribution in [2.75, 3.05) is 0 Å². The smallest absolute Gasteiger partial charge is 0.182 e. The predicted molar refractivity (Wildman–Crippen MR) is 120 cm³/mol. The molecule has 162 valence electrons. The molecule has 3 rings (SSSR count). The van der Waals surface area contributed by atoms with E-state index in [1.165, 1.54) is 0 Å². The molecule has 6 heteroatoms. The molecule has 0 spiro atoms.